The second-order valence-corrected chi connectivity index (χ2v) is 6.63. The zero-order valence-corrected chi connectivity index (χ0v) is 15.0. The first-order chi connectivity index (χ1) is 13.4. The number of anilines is 2. The molecule has 142 valence electrons. The third kappa shape index (κ3) is 3.20. The van der Waals surface area contributed by atoms with Crippen molar-refractivity contribution in [2.75, 3.05) is 17.2 Å². The van der Waals surface area contributed by atoms with Gasteiger partial charge in [0.2, 0.25) is 11.8 Å². The molecule has 28 heavy (non-hydrogen) atoms. The highest BCUT2D eigenvalue weighted by Gasteiger charge is 2.32. The van der Waals surface area contributed by atoms with E-state index in [-0.39, 0.29) is 18.9 Å². The number of ether oxygens (including phenoxy) is 1. The van der Waals surface area contributed by atoms with Gasteiger partial charge in [0.05, 0.1) is 12.1 Å². The van der Waals surface area contributed by atoms with Crippen molar-refractivity contribution < 1.29 is 23.9 Å². The van der Waals surface area contributed by atoms with E-state index in [1.807, 2.05) is 0 Å². The first-order valence-electron chi connectivity index (χ1n) is 8.76. The van der Waals surface area contributed by atoms with Crippen LogP contribution in [0.2, 0.25) is 0 Å². The number of amides is 4. The van der Waals surface area contributed by atoms with Crippen molar-refractivity contribution in [3.8, 4) is 5.75 Å². The normalized spacial score (nSPS) is 18.0. The van der Waals surface area contributed by atoms with Crippen molar-refractivity contribution in [2.45, 2.75) is 19.4 Å². The molecule has 0 bridgehead atoms. The van der Waals surface area contributed by atoms with Gasteiger partial charge < -0.3 is 15.4 Å². The average Bonchev–Trinajstić information content (AvgIpc) is 2.66. The van der Waals surface area contributed by atoms with Crippen molar-refractivity contribution in [3.05, 3.63) is 53.6 Å². The van der Waals surface area contributed by atoms with Gasteiger partial charge in [0, 0.05) is 11.3 Å². The molecule has 8 heteroatoms. The van der Waals surface area contributed by atoms with Crippen LogP contribution in [0.4, 0.5) is 11.4 Å². The molecule has 2 heterocycles. The maximum atomic E-state index is 12.5. The van der Waals surface area contributed by atoms with E-state index in [0.29, 0.717) is 28.3 Å². The fourth-order valence-electron chi connectivity index (χ4n) is 3.19. The van der Waals surface area contributed by atoms with Crippen molar-refractivity contribution in [2.24, 2.45) is 0 Å². The molecule has 2 N–H and O–H groups in total. The van der Waals surface area contributed by atoms with E-state index in [0.717, 1.165) is 4.90 Å². The van der Waals surface area contributed by atoms with Crippen LogP contribution in [0, 0.1) is 0 Å². The lowest BCUT2D eigenvalue weighted by Crippen LogP contribution is -2.46. The van der Waals surface area contributed by atoms with Gasteiger partial charge in [-0.25, -0.2) is 0 Å². The Hall–Kier alpha value is -3.68. The Bertz CT molecular complexity index is 1020. The van der Waals surface area contributed by atoms with E-state index < -0.39 is 23.8 Å². The fourth-order valence-corrected chi connectivity index (χ4v) is 3.19. The Morgan fingerprint density at radius 1 is 1.21 bits per heavy atom. The Balaban J connectivity index is 1.47. The lowest BCUT2D eigenvalue weighted by atomic mass is 9.98. The predicted octanol–water partition coefficient (Wildman–Crippen LogP) is 1.57. The number of carbonyl (C=O) groups excluding carboxylic acids is 4. The van der Waals surface area contributed by atoms with E-state index in [1.165, 1.54) is 0 Å². The lowest BCUT2D eigenvalue weighted by Gasteiger charge is -2.26. The quantitative estimate of drug-likeness (QED) is 0.788. The summed E-state index contributed by atoms with van der Waals surface area (Å²) in [7, 11) is 0. The molecule has 0 saturated heterocycles. The lowest BCUT2D eigenvalue weighted by molar-refractivity contribution is -0.131. The number of nitrogens with zero attached hydrogens (tertiary/aromatic N) is 1. The molecule has 1 atom stereocenters. The molecule has 0 aliphatic carbocycles. The summed E-state index contributed by atoms with van der Waals surface area (Å²) in [6.07, 6.45) is -0.512. The smallest absolute Gasteiger partial charge is 0.265 e. The molecule has 0 spiro atoms. The third-order valence-corrected chi connectivity index (χ3v) is 4.63. The van der Waals surface area contributed by atoms with Crippen LogP contribution in [0.1, 0.15) is 22.8 Å². The number of hydrogen-bond acceptors (Lipinski definition) is 5. The van der Waals surface area contributed by atoms with E-state index in [9.17, 15) is 19.2 Å². The van der Waals surface area contributed by atoms with Gasteiger partial charge >= 0.3 is 0 Å². The molecular weight excluding hydrogens is 362 g/mol. The summed E-state index contributed by atoms with van der Waals surface area (Å²) in [5.74, 6) is -1.19. The molecule has 0 radical (unpaired) electrons. The van der Waals surface area contributed by atoms with Crippen LogP contribution in [0.25, 0.3) is 0 Å². The first kappa shape index (κ1) is 17.7. The zero-order chi connectivity index (χ0) is 19.8. The minimum absolute atomic E-state index is 0.0790. The van der Waals surface area contributed by atoms with Gasteiger partial charge in [0.25, 0.3) is 11.8 Å². The summed E-state index contributed by atoms with van der Waals surface area (Å²) in [5, 5.41) is 5.33. The second kappa shape index (κ2) is 6.80. The Kier molecular flexibility index (Phi) is 4.31. The van der Waals surface area contributed by atoms with Crippen molar-refractivity contribution in [1.29, 1.82) is 0 Å². The van der Waals surface area contributed by atoms with Gasteiger partial charge in [-0.05, 0) is 36.8 Å². The molecule has 2 aliphatic rings. The van der Waals surface area contributed by atoms with Crippen LogP contribution in [0.3, 0.4) is 0 Å². The van der Waals surface area contributed by atoms with Crippen LogP contribution in [-0.2, 0) is 20.8 Å². The Morgan fingerprint density at radius 2 is 2.00 bits per heavy atom. The summed E-state index contributed by atoms with van der Waals surface area (Å²) in [5.41, 5.74) is 1.95. The van der Waals surface area contributed by atoms with Gasteiger partial charge in [-0.15, -0.1) is 0 Å². The SMILES string of the molecule is C[C@@H]1Oc2ccc(NC(=O)CN3C(=O)Cc4ccccc4C3=O)cc2NC1=O. The maximum absolute atomic E-state index is 12.5. The first-order valence-corrected chi connectivity index (χ1v) is 8.76. The fraction of sp³-hybridized carbons (Fsp3) is 0.200. The number of benzene rings is 2. The van der Waals surface area contributed by atoms with E-state index in [2.05, 4.69) is 10.6 Å². The van der Waals surface area contributed by atoms with Crippen LogP contribution in [0.15, 0.2) is 42.5 Å². The number of imide groups is 1. The third-order valence-electron chi connectivity index (χ3n) is 4.63. The highest BCUT2D eigenvalue weighted by Crippen LogP contribution is 2.32. The van der Waals surface area contributed by atoms with Gasteiger partial charge in [0.15, 0.2) is 6.10 Å². The van der Waals surface area contributed by atoms with E-state index >= 15 is 0 Å². The zero-order valence-electron chi connectivity index (χ0n) is 15.0. The number of carbonyl (C=O) groups is 4. The molecule has 0 saturated carbocycles. The molecule has 2 aromatic carbocycles. The largest absolute Gasteiger partial charge is 0.479 e. The van der Waals surface area contributed by atoms with E-state index in [1.54, 1.807) is 49.4 Å². The van der Waals surface area contributed by atoms with Crippen LogP contribution in [-0.4, -0.2) is 41.2 Å². The highest BCUT2D eigenvalue weighted by molar-refractivity contribution is 6.12. The van der Waals surface area contributed by atoms with Crippen LogP contribution < -0.4 is 15.4 Å². The van der Waals surface area contributed by atoms with Crippen molar-refractivity contribution in [3.63, 3.8) is 0 Å². The molecule has 8 nitrogen and oxygen atoms in total. The van der Waals surface area contributed by atoms with Crippen LogP contribution in [0.5, 0.6) is 5.75 Å². The molecule has 0 unspecified atom stereocenters. The summed E-state index contributed by atoms with van der Waals surface area (Å²) in [6, 6.07) is 11.7. The molecule has 2 aliphatic heterocycles. The standard InChI is InChI=1S/C20H17N3O5/c1-11-19(26)22-15-9-13(6-7-16(15)28-11)21-17(24)10-23-18(25)8-12-4-2-3-5-14(12)20(23)27/h2-7,9,11H,8,10H2,1H3,(H,21,24)(H,22,26)/t11-/m0/s1. The monoisotopic (exact) mass is 379 g/mol. The summed E-state index contributed by atoms with van der Waals surface area (Å²) < 4.78 is 5.46. The number of nitrogens with one attached hydrogen (secondary N) is 2. The highest BCUT2D eigenvalue weighted by atomic mass is 16.5. The minimum Gasteiger partial charge on any atom is -0.479 e. The van der Waals surface area contributed by atoms with Crippen molar-refractivity contribution in [1.82, 2.24) is 4.90 Å². The molecule has 4 amide bonds. The predicted molar refractivity (Wildman–Crippen MR) is 100.0 cm³/mol. The number of rotatable bonds is 3. The summed E-state index contributed by atoms with van der Waals surface area (Å²) >= 11 is 0. The molecule has 2 aromatic rings. The number of fused-ring (bicyclic) bond motifs is 2. The van der Waals surface area contributed by atoms with Gasteiger partial charge in [-0.2, -0.15) is 0 Å². The van der Waals surface area contributed by atoms with Gasteiger partial charge in [-0.3, -0.25) is 24.1 Å². The topological polar surface area (TPSA) is 105 Å². The minimum atomic E-state index is -0.591. The molecule has 4 rings (SSSR count). The molecule has 0 fully saturated rings. The summed E-state index contributed by atoms with van der Waals surface area (Å²) in [4.78, 5) is 49.9. The van der Waals surface area contributed by atoms with Gasteiger partial charge in [-0.1, -0.05) is 18.2 Å². The average molecular weight is 379 g/mol. The van der Waals surface area contributed by atoms with Gasteiger partial charge in [0.1, 0.15) is 12.3 Å². The Labute approximate surface area is 160 Å². The number of hydrogen-bond donors (Lipinski definition) is 2. The second-order valence-electron chi connectivity index (χ2n) is 6.63. The maximum Gasteiger partial charge on any atom is 0.265 e. The molecular formula is C20H17N3O5. The van der Waals surface area contributed by atoms with Crippen molar-refractivity contribution >= 4 is 35.0 Å². The Morgan fingerprint density at radius 3 is 2.82 bits per heavy atom. The molecule has 0 aromatic heterocycles. The summed E-state index contributed by atoms with van der Waals surface area (Å²) in [6.45, 7) is 1.25. The van der Waals surface area contributed by atoms with E-state index in [4.69, 9.17) is 4.74 Å². The van der Waals surface area contributed by atoms with Crippen LogP contribution >= 0.6 is 0 Å².